The number of rotatable bonds is 11. The smallest absolute Gasteiger partial charge is 0.269 e. The quantitative estimate of drug-likeness (QED) is 0.206. The van der Waals surface area contributed by atoms with Gasteiger partial charge in [0.25, 0.3) is 10.0 Å². The highest BCUT2D eigenvalue weighted by Gasteiger charge is 2.32. The van der Waals surface area contributed by atoms with Gasteiger partial charge < -0.3 is 14.0 Å². The molecular weight excluding hydrogens is 496 g/mol. The fourth-order valence-corrected chi connectivity index (χ4v) is 5.18. The van der Waals surface area contributed by atoms with Crippen molar-refractivity contribution in [2.45, 2.75) is 25.2 Å². The van der Waals surface area contributed by atoms with Crippen LogP contribution >= 0.6 is 15.9 Å². The Labute approximate surface area is 197 Å². The number of methoxy groups -OCH3 is 1. The molecule has 0 aliphatic rings. The van der Waals surface area contributed by atoms with E-state index in [4.69, 9.17) is 14.0 Å². The van der Waals surface area contributed by atoms with Crippen LogP contribution in [0.4, 0.5) is 5.88 Å². The number of hydrogen-bond acceptors (Lipinski definition) is 6. The van der Waals surface area contributed by atoms with E-state index in [-0.39, 0.29) is 24.1 Å². The Morgan fingerprint density at radius 2 is 1.78 bits per heavy atom. The topological polar surface area (TPSA) is 81.9 Å². The van der Waals surface area contributed by atoms with Gasteiger partial charge >= 0.3 is 0 Å². The van der Waals surface area contributed by atoms with Crippen LogP contribution < -0.4 is 4.31 Å². The van der Waals surface area contributed by atoms with Crippen LogP contribution in [0.3, 0.4) is 0 Å². The average Bonchev–Trinajstić information content (AvgIpc) is 3.12. The maximum Gasteiger partial charge on any atom is 0.269 e. The Morgan fingerprint density at radius 3 is 2.41 bits per heavy atom. The zero-order valence-corrected chi connectivity index (χ0v) is 20.8. The molecule has 0 saturated carbocycles. The normalized spacial score (nSPS) is 11.6. The molecule has 3 aromatic rings. The van der Waals surface area contributed by atoms with Gasteiger partial charge in [0, 0.05) is 23.6 Å². The van der Waals surface area contributed by atoms with Gasteiger partial charge in [0.2, 0.25) is 5.88 Å². The lowest BCUT2D eigenvalue weighted by Gasteiger charge is -2.23. The van der Waals surface area contributed by atoms with E-state index in [0.717, 1.165) is 21.6 Å². The summed E-state index contributed by atoms with van der Waals surface area (Å²) in [6.07, 6.45) is 0.900. The summed E-state index contributed by atoms with van der Waals surface area (Å²) < 4.78 is 44.8. The van der Waals surface area contributed by atoms with E-state index in [0.29, 0.717) is 23.4 Å². The number of aryl methyl sites for hydroxylation is 2. The molecule has 9 heteroatoms. The molecule has 0 saturated heterocycles. The van der Waals surface area contributed by atoms with E-state index >= 15 is 0 Å². The van der Waals surface area contributed by atoms with Gasteiger partial charge in [0.15, 0.2) is 0 Å². The van der Waals surface area contributed by atoms with E-state index in [1.807, 2.05) is 30.3 Å². The molecule has 0 spiro atoms. The number of alkyl halides is 1. The van der Waals surface area contributed by atoms with Gasteiger partial charge in [0.05, 0.1) is 23.8 Å². The Hall–Kier alpha value is -2.20. The van der Waals surface area contributed by atoms with Crippen LogP contribution in [0.1, 0.15) is 16.8 Å². The summed E-state index contributed by atoms with van der Waals surface area (Å²) in [5, 5.41) is 4.80. The number of benzene rings is 2. The van der Waals surface area contributed by atoms with Crippen molar-refractivity contribution in [1.29, 1.82) is 0 Å². The Morgan fingerprint density at radius 1 is 1.06 bits per heavy atom. The Balaban J connectivity index is 2.04. The van der Waals surface area contributed by atoms with Gasteiger partial charge in [-0.2, -0.15) is 0 Å². The molecule has 3 rings (SSSR count). The molecule has 0 unspecified atom stereocenters. The fraction of sp³-hybridized carbons (Fsp3) is 0.348. The summed E-state index contributed by atoms with van der Waals surface area (Å²) in [6, 6.07) is 14.8. The summed E-state index contributed by atoms with van der Waals surface area (Å²) in [5.74, 6) is 0.141. The molecule has 1 aromatic heterocycles. The number of aromatic nitrogens is 1. The van der Waals surface area contributed by atoms with E-state index < -0.39 is 10.0 Å². The lowest BCUT2D eigenvalue weighted by Crippen LogP contribution is -2.34. The molecule has 0 bridgehead atoms. The molecule has 0 fully saturated rings. The summed E-state index contributed by atoms with van der Waals surface area (Å²) in [4.78, 5) is 0.164. The predicted octanol–water partition coefficient (Wildman–Crippen LogP) is 4.71. The molecule has 0 radical (unpaired) electrons. The van der Waals surface area contributed by atoms with Crippen molar-refractivity contribution in [2.75, 3.05) is 36.7 Å². The van der Waals surface area contributed by atoms with Gasteiger partial charge in [-0.15, -0.1) is 0 Å². The first-order chi connectivity index (χ1) is 15.4. The lowest BCUT2D eigenvalue weighted by molar-refractivity contribution is 0.0744. The molecule has 0 amide bonds. The summed E-state index contributed by atoms with van der Waals surface area (Å²) in [6.45, 7) is 3.90. The average molecular weight is 523 g/mol. The van der Waals surface area contributed by atoms with Crippen molar-refractivity contribution in [1.82, 2.24) is 5.16 Å². The van der Waals surface area contributed by atoms with Crippen LogP contribution in [0.25, 0.3) is 11.1 Å². The third-order valence-electron chi connectivity index (χ3n) is 5.10. The Kier molecular flexibility index (Phi) is 8.47. The lowest BCUT2D eigenvalue weighted by atomic mass is 10.0. The van der Waals surface area contributed by atoms with Crippen molar-refractivity contribution < 1.29 is 22.4 Å². The maximum absolute atomic E-state index is 13.8. The highest BCUT2D eigenvalue weighted by atomic mass is 79.9. The predicted molar refractivity (Wildman–Crippen MR) is 128 cm³/mol. The van der Waals surface area contributed by atoms with Crippen LogP contribution in [-0.2, 0) is 25.9 Å². The first kappa shape index (κ1) is 24.4. The van der Waals surface area contributed by atoms with Crippen molar-refractivity contribution in [3.8, 4) is 11.1 Å². The molecule has 0 aliphatic carbocycles. The maximum atomic E-state index is 13.8. The summed E-state index contributed by atoms with van der Waals surface area (Å²) >= 11 is 3.44. The van der Waals surface area contributed by atoms with Gasteiger partial charge in [-0.25, -0.2) is 12.7 Å². The number of ether oxygens (including phenoxy) is 2. The zero-order chi connectivity index (χ0) is 23.1. The standard InChI is InChI=1S/C23H27BrN2O5S/c1-17-18(2)25-31-23(17)26(16-30-15-14-29-3)32(27,28)22-7-5-4-6-21(22)20-10-8-19(9-11-20)12-13-24/h4-11H,12-16H2,1-3H3. The minimum atomic E-state index is -4.02. The zero-order valence-electron chi connectivity index (χ0n) is 18.4. The second-order valence-corrected chi connectivity index (χ2v) is 9.84. The van der Waals surface area contributed by atoms with Gasteiger partial charge in [0.1, 0.15) is 6.73 Å². The molecular formula is C23H27BrN2O5S. The molecule has 7 nitrogen and oxygen atoms in total. The number of sulfonamides is 1. The second kappa shape index (κ2) is 11.1. The van der Waals surface area contributed by atoms with Gasteiger partial charge in [-0.3, -0.25) is 0 Å². The van der Waals surface area contributed by atoms with Crippen LogP contribution in [0.2, 0.25) is 0 Å². The molecule has 0 N–H and O–H groups in total. The second-order valence-electron chi connectivity index (χ2n) is 7.21. The molecule has 1 heterocycles. The first-order valence-electron chi connectivity index (χ1n) is 10.2. The monoisotopic (exact) mass is 522 g/mol. The molecule has 0 aliphatic heterocycles. The SMILES string of the molecule is COCCOCN(c1onc(C)c1C)S(=O)(=O)c1ccccc1-c1ccc(CCBr)cc1. The fourth-order valence-electron chi connectivity index (χ4n) is 3.17. The van der Waals surface area contributed by atoms with E-state index in [1.165, 1.54) is 5.56 Å². The number of halogens is 1. The van der Waals surface area contributed by atoms with Crippen molar-refractivity contribution in [2.24, 2.45) is 0 Å². The number of nitrogens with zero attached hydrogens (tertiary/aromatic N) is 2. The first-order valence-corrected chi connectivity index (χ1v) is 12.7. The van der Waals surface area contributed by atoms with Gasteiger partial charge in [-0.05, 0) is 37.5 Å². The molecule has 172 valence electrons. The Bertz CT molecular complexity index is 1130. The van der Waals surface area contributed by atoms with E-state index in [1.54, 1.807) is 39.2 Å². The number of anilines is 1. The van der Waals surface area contributed by atoms with E-state index in [2.05, 4.69) is 21.1 Å². The van der Waals surface area contributed by atoms with Crippen LogP contribution in [0.15, 0.2) is 57.9 Å². The molecule has 32 heavy (non-hydrogen) atoms. The molecule has 0 atom stereocenters. The minimum Gasteiger partial charge on any atom is -0.382 e. The minimum absolute atomic E-state index is 0.141. The van der Waals surface area contributed by atoms with Crippen molar-refractivity contribution in [3.63, 3.8) is 0 Å². The largest absolute Gasteiger partial charge is 0.382 e. The van der Waals surface area contributed by atoms with Crippen molar-refractivity contribution >= 4 is 31.8 Å². The summed E-state index contributed by atoms with van der Waals surface area (Å²) in [7, 11) is -2.47. The third-order valence-corrected chi connectivity index (χ3v) is 7.26. The van der Waals surface area contributed by atoms with Crippen LogP contribution in [0, 0.1) is 13.8 Å². The third kappa shape index (κ3) is 5.40. The molecule has 2 aromatic carbocycles. The summed E-state index contributed by atoms with van der Waals surface area (Å²) in [5.41, 5.74) is 3.85. The highest BCUT2D eigenvalue weighted by Crippen LogP contribution is 2.33. The van der Waals surface area contributed by atoms with Crippen LogP contribution in [-0.4, -0.2) is 46.0 Å². The van der Waals surface area contributed by atoms with E-state index in [9.17, 15) is 8.42 Å². The van der Waals surface area contributed by atoms with Gasteiger partial charge in [-0.1, -0.05) is 63.6 Å². The number of hydrogen-bond donors (Lipinski definition) is 0. The van der Waals surface area contributed by atoms with Crippen LogP contribution in [0.5, 0.6) is 0 Å². The highest BCUT2D eigenvalue weighted by molar-refractivity contribution is 9.09. The van der Waals surface area contributed by atoms with Crippen molar-refractivity contribution in [3.05, 3.63) is 65.4 Å².